The predicted octanol–water partition coefficient (Wildman–Crippen LogP) is 13.0. The van der Waals surface area contributed by atoms with Crippen molar-refractivity contribution in [2.45, 2.75) is 19.3 Å². The first-order valence-corrected chi connectivity index (χ1v) is 16.2. The summed E-state index contributed by atoms with van der Waals surface area (Å²) in [6.45, 7) is 4.59. The standard InChI is InChI=1S/C47H32/c1-47(2)42-16-7-6-14-38(42)41-25-24-37(39-15-9-17-43(47)46(39)41)35-27-33(29-10-4-3-5-11-29)26-34(28-35)36-22-20-32-19-18-30-12-8-13-31-21-23-40(36)45(32)44(30)31/h3-28H,1-2H3/i3D,4D,5D,10D,11D. The first-order chi connectivity index (χ1) is 25.1. The molecule has 0 saturated heterocycles. The number of hydrogen-bond acceptors (Lipinski definition) is 0. The van der Waals surface area contributed by atoms with E-state index in [2.05, 4.69) is 129 Å². The summed E-state index contributed by atoms with van der Waals surface area (Å²) in [5.74, 6) is 0. The second kappa shape index (κ2) is 9.64. The van der Waals surface area contributed by atoms with Crippen LogP contribution in [-0.2, 0) is 5.41 Å². The van der Waals surface area contributed by atoms with Crippen LogP contribution in [0.3, 0.4) is 0 Å². The Morgan fingerprint density at radius 2 is 0.979 bits per heavy atom. The fraction of sp³-hybridized carbons (Fsp3) is 0.0638. The van der Waals surface area contributed by atoms with Crippen molar-refractivity contribution in [3.8, 4) is 44.5 Å². The smallest absolute Gasteiger partial charge is 0.0622 e. The molecule has 0 heterocycles. The quantitative estimate of drug-likeness (QED) is 0.177. The lowest BCUT2D eigenvalue weighted by Crippen LogP contribution is -2.23. The first kappa shape index (κ1) is 21.9. The molecule has 0 N–H and O–H groups in total. The van der Waals surface area contributed by atoms with Crippen LogP contribution in [0.2, 0.25) is 0 Å². The highest BCUT2D eigenvalue weighted by Gasteiger charge is 2.33. The van der Waals surface area contributed by atoms with E-state index >= 15 is 0 Å². The summed E-state index contributed by atoms with van der Waals surface area (Å²) < 4.78 is 43.2. The summed E-state index contributed by atoms with van der Waals surface area (Å²) in [5, 5.41) is 9.43. The Morgan fingerprint density at radius 1 is 0.404 bits per heavy atom. The van der Waals surface area contributed by atoms with Gasteiger partial charge >= 0.3 is 0 Å². The van der Waals surface area contributed by atoms with Crippen molar-refractivity contribution >= 4 is 43.1 Å². The monoisotopic (exact) mass is 601 g/mol. The van der Waals surface area contributed by atoms with Crippen molar-refractivity contribution in [2.75, 3.05) is 0 Å². The van der Waals surface area contributed by atoms with Gasteiger partial charge in [0.2, 0.25) is 0 Å². The molecule has 0 unspecified atom stereocenters. The molecule has 0 bridgehead atoms. The fourth-order valence-corrected chi connectivity index (χ4v) is 8.28. The molecule has 1 aliphatic carbocycles. The van der Waals surface area contributed by atoms with Crippen LogP contribution in [0.4, 0.5) is 0 Å². The van der Waals surface area contributed by atoms with Crippen molar-refractivity contribution in [1.29, 1.82) is 0 Å². The zero-order valence-electron chi connectivity index (χ0n) is 31.1. The SMILES string of the molecule is [2H]c1c([2H])c([2H])c(-c2cc(-c3ccc4c5c(cccc35)C(C)(C)c3ccccc3-4)cc(-c3ccc4ccc5cccc6ccc3c4c56)c2)c([2H])c1[2H]. The summed E-state index contributed by atoms with van der Waals surface area (Å²) in [4.78, 5) is 0. The second-order valence-electron chi connectivity index (χ2n) is 13.3. The summed E-state index contributed by atoms with van der Waals surface area (Å²) in [6, 6.07) is 43.8. The molecule has 0 nitrogen and oxygen atoms in total. The maximum absolute atomic E-state index is 8.96. The lowest BCUT2D eigenvalue weighted by atomic mass is 9.68. The molecule has 0 aliphatic heterocycles. The molecule has 0 heteroatoms. The Labute approximate surface area is 281 Å². The molecule has 1 aliphatic rings. The molecule has 0 amide bonds. The second-order valence-corrected chi connectivity index (χ2v) is 13.3. The number of rotatable bonds is 3. The maximum Gasteiger partial charge on any atom is 0.0629 e. The minimum Gasteiger partial charge on any atom is -0.0622 e. The number of hydrogen-bond donors (Lipinski definition) is 0. The summed E-state index contributed by atoms with van der Waals surface area (Å²) >= 11 is 0. The molecule has 0 radical (unpaired) electrons. The third kappa shape index (κ3) is 3.76. The van der Waals surface area contributed by atoms with Crippen molar-refractivity contribution in [3.63, 3.8) is 0 Å². The van der Waals surface area contributed by atoms with Gasteiger partial charge in [0.25, 0.3) is 0 Å². The molecule has 10 rings (SSSR count). The Kier molecular flexibility index (Phi) is 4.50. The molecule has 0 spiro atoms. The number of fused-ring (bicyclic) bond motifs is 2. The van der Waals surface area contributed by atoms with Crippen LogP contribution in [0.5, 0.6) is 0 Å². The molecule has 9 aromatic rings. The van der Waals surface area contributed by atoms with Gasteiger partial charge in [0.15, 0.2) is 0 Å². The maximum atomic E-state index is 8.96. The molecule has 0 fully saturated rings. The van der Waals surface area contributed by atoms with Crippen LogP contribution in [0, 0.1) is 0 Å². The highest BCUT2D eigenvalue weighted by molar-refractivity contribution is 6.25. The van der Waals surface area contributed by atoms with E-state index in [-0.39, 0.29) is 35.1 Å². The Balaban J connectivity index is 1.30. The molecular formula is C47H32. The van der Waals surface area contributed by atoms with Gasteiger partial charge < -0.3 is 0 Å². The Morgan fingerprint density at radius 3 is 1.77 bits per heavy atom. The van der Waals surface area contributed by atoms with E-state index in [9.17, 15) is 0 Å². The van der Waals surface area contributed by atoms with E-state index in [0.717, 1.165) is 38.4 Å². The van der Waals surface area contributed by atoms with E-state index in [4.69, 9.17) is 6.85 Å². The first-order valence-electron chi connectivity index (χ1n) is 18.7. The van der Waals surface area contributed by atoms with E-state index in [0.29, 0.717) is 5.56 Å². The van der Waals surface area contributed by atoms with Gasteiger partial charge in [0.05, 0.1) is 6.85 Å². The minimum atomic E-state index is -0.395. The van der Waals surface area contributed by atoms with Crippen LogP contribution in [0.1, 0.15) is 31.8 Å². The lowest BCUT2D eigenvalue weighted by molar-refractivity contribution is 0.645. The number of benzene rings is 9. The molecule has 0 aromatic heterocycles. The van der Waals surface area contributed by atoms with Crippen molar-refractivity contribution < 1.29 is 6.85 Å². The lowest BCUT2D eigenvalue weighted by Gasteiger charge is -2.35. The normalized spacial score (nSPS) is 15.0. The largest absolute Gasteiger partial charge is 0.0629 e. The summed E-state index contributed by atoms with van der Waals surface area (Å²) in [6.07, 6.45) is 0. The minimum absolute atomic E-state index is 0.199. The van der Waals surface area contributed by atoms with E-state index in [1.807, 2.05) is 12.1 Å². The van der Waals surface area contributed by atoms with Crippen LogP contribution < -0.4 is 0 Å². The third-order valence-electron chi connectivity index (χ3n) is 10.5. The predicted molar refractivity (Wildman–Crippen MR) is 202 cm³/mol. The highest BCUT2D eigenvalue weighted by atomic mass is 14.4. The highest BCUT2D eigenvalue weighted by Crippen LogP contribution is 2.50. The van der Waals surface area contributed by atoms with E-state index in [1.165, 1.54) is 49.2 Å². The molecule has 220 valence electrons. The Hall–Kier alpha value is -5.72. The molecule has 47 heavy (non-hydrogen) atoms. The van der Waals surface area contributed by atoms with Crippen LogP contribution in [-0.4, -0.2) is 0 Å². The van der Waals surface area contributed by atoms with Crippen LogP contribution in [0.15, 0.2) is 158 Å². The van der Waals surface area contributed by atoms with Gasteiger partial charge in [0, 0.05) is 5.41 Å². The zero-order chi connectivity index (χ0) is 35.6. The average molecular weight is 602 g/mol. The average Bonchev–Trinajstić information content (AvgIpc) is 3.17. The van der Waals surface area contributed by atoms with Crippen LogP contribution >= 0.6 is 0 Å². The van der Waals surface area contributed by atoms with E-state index < -0.39 is 6.04 Å². The van der Waals surface area contributed by atoms with Gasteiger partial charge in [-0.05, 0) is 117 Å². The van der Waals surface area contributed by atoms with Gasteiger partial charge in [0.1, 0.15) is 0 Å². The molecule has 0 atom stereocenters. The van der Waals surface area contributed by atoms with Crippen molar-refractivity contribution in [1.82, 2.24) is 0 Å². The van der Waals surface area contributed by atoms with E-state index in [1.54, 1.807) is 0 Å². The molecular weight excluding hydrogens is 565 g/mol. The fourth-order valence-electron chi connectivity index (χ4n) is 8.28. The van der Waals surface area contributed by atoms with Crippen LogP contribution in [0.25, 0.3) is 87.6 Å². The Bertz CT molecular complexity index is 2950. The van der Waals surface area contributed by atoms with Gasteiger partial charge in [-0.2, -0.15) is 0 Å². The topological polar surface area (TPSA) is 0 Å². The van der Waals surface area contributed by atoms with Gasteiger partial charge in [-0.25, -0.2) is 0 Å². The molecule has 0 saturated carbocycles. The van der Waals surface area contributed by atoms with Crippen molar-refractivity contribution in [2.24, 2.45) is 0 Å². The third-order valence-corrected chi connectivity index (χ3v) is 10.5. The summed E-state index contributed by atoms with van der Waals surface area (Å²) in [7, 11) is 0. The van der Waals surface area contributed by atoms with Gasteiger partial charge in [-0.1, -0.05) is 153 Å². The zero-order valence-corrected chi connectivity index (χ0v) is 26.1. The van der Waals surface area contributed by atoms with Gasteiger partial charge in [-0.3, -0.25) is 0 Å². The van der Waals surface area contributed by atoms with Crippen molar-refractivity contribution in [3.05, 3.63) is 169 Å². The van der Waals surface area contributed by atoms with Gasteiger partial charge in [-0.15, -0.1) is 0 Å². The molecule has 9 aromatic carbocycles. The summed E-state index contributed by atoms with van der Waals surface area (Å²) in [5.41, 5.74) is 9.51.